The Bertz CT molecular complexity index is 826. The lowest BCUT2D eigenvalue weighted by atomic mass is 10.0. The Morgan fingerprint density at radius 2 is 2.14 bits per heavy atom. The first-order valence-corrected chi connectivity index (χ1v) is 7.67. The van der Waals surface area contributed by atoms with Crippen molar-refractivity contribution >= 4 is 21.6 Å². The minimum atomic E-state index is -0.189. The molecule has 0 spiro atoms. The molecule has 0 radical (unpaired) electrons. The molecule has 4 nitrogen and oxygen atoms in total. The summed E-state index contributed by atoms with van der Waals surface area (Å²) in [5.41, 5.74) is 1.89. The van der Waals surface area contributed by atoms with E-state index in [1.165, 1.54) is 11.9 Å². The summed E-state index contributed by atoms with van der Waals surface area (Å²) in [7, 11) is 0. The van der Waals surface area contributed by atoms with E-state index in [0.29, 0.717) is 11.6 Å². The lowest BCUT2D eigenvalue weighted by Crippen LogP contribution is -2.24. The van der Waals surface area contributed by atoms with Gasteiger partial charge in [-0.15, -0.1) is 11.3 Å². The van der Waals surface area contributed by atoms with E-state index < -0.39 is 0 Å². The topological polar surface area (TPSA) is 44.2 Å². The van der Waals surface area contributed by atoms with Gasteiger partial charge in [-0.2, -0.15) is 0 Å². The minimum Gasteiger partial charge on any atom is -0.483 e. The van der Waals surface area contributed by atoms with Crippen molar-refractivity contribution in [3.8, 4) is 17.4 Å². The van der Waals surface area contributed by atoms with E-state index in [4.69, 9.17) is 9.47 Å². The summed E-state index contributed by atoms with van der Waals surface area (Å²) in [4.78, 5) is 8.48. The molecular weight excluding hydrogens is 284 g/mol. The van der Waals surface area contributed by atoms with Gasteiger partial charge in [-0.25, -0.2) is 9.97 Å². The van der Waals surface area contributed by atoms with Crippen molar-refractivity contribution in [1.82, 2.24) is 9.97 Å². The largest absolute Gasteiger partial charge is 0.483 e. The zero-order valence-corrected chi connectivity index (χ0v) is 12.6. The number of hydrogen-bond acceptors (Lipinski definition) is 5. The second kappa shape index (κ2) is 4.43. The van der Waals surface area contributed by atoms with Gasteiger partial charge in [-0.3, -0.25) is 0 Å². The van der Waals surface area contributed by atoms with Crippen LogP contribution in [-0.4, -0.2) is 15.6 Å². The van der Waals surface area contributed by atoms with Crippen LogP contribution < -0.4 is 9.47 Å². The highest BCUT2D eigenvalue weighted by molar-refractivity contribution is 7.17. The molecule has 21 heavy (non-hydrogen) atoms. The first-order valence-electron chi connectivity index (χ1n) is 6.79. The highest BCUT2D eigenvalue weighted by Crippen LogP contribution is 2.44. The van der Waals surface area contributed by atoms with E-state index in [2.05, 4.69) is 29.9 Å². The summed E-state index contributed by atoms with van der Waals surface area (Å²) >= 11 is 1.58. The Balaban J connectivity index is 1.77. The van der Waals surface area contributed by atoms with E-state index in [-0.39, 0.29) is 5.60 Å². The van der Waals surface area contributed by atoms with Crippen LogP contribution in [0.1, 0.15) is 19.4 Å². The molecule has 5 heteroatoms. The molecule has 3 aromatic rings. The zero-order valence-electron chi connectivity index (χ0n) is 11.8. The summed E-state index contributed by atoms with van der Waals surface area (Å²) in [6, 6.07) is 7.95. The summed E-state index contributed by atoms with van der Waals surface area (Å²) < 4.78 is 13.0. The zero-order chi connectivity index (χ0) is 14.4. The number of nitrogens with zero attached hydrogens (tertiary/aromatic N) is 2. The first-order chi connectivity index (χ1) is 10.1. The van der Waals surface area contributed by atoms with Crippen molar-refractivity contribution in [1.29, 1.82) is 0 Å². The molecule has 0 atom stereocenters. The third-order valence-corrected chi connectivity index (χ3v) is 4.36. The van der Waals surface area contributed by atoms with E-state index in [1.54, 1.807) is 11.3 Å². The molecule has 0 unspecified atom stereocenters. The third-order valence-electron chi connectivity index (χ3n) is 3.47. The molecule has 106 valence electrons. The van der Waals surface area contributed by atoms with Crippen molar-refractivity contribution in [2.75, 3.05) is 0 Å². The SMILES string of the molecule is CC1(C)Cc2cccc(Oc3ncnc4ccsc34)c2O1. The van der Waals surface area contributed by atoms with Crippen molar-refractivity contribution in [3.05, 3.63) is 41.5 Å². The maximum atomic E-state index is 6.03. The number of hydrogen-bond donors (Lipinski definition) is 0. The van der Waals surface area contributed by atoms with Crippen LogP contribution >= 0.6 is 11.3 Å². The number of benzene rings is 1. The van der Waals surface area contributed by atoms with Gasteiger partial charge in [0.1, 0.15) is 16.6 Å². The van der Waals surface area contributed by atoms with Crippen LogP contribution in [0.4, 0.5) is 0 Å². The molecule has 0 aliphatic carbocycles. The first kappa shape index (κ1) is 12.6. The Hall–Kier alpha value is -2.14. The molecule has 4 rings (SSSR count). The van der Waals surface area contributed by atoms with Gasteiger partial charge in [0.2, 0.25) is 5.88 Å². The van der Waals surface area contributed by atoms with Crippen molar-refractivity contribution < 1.29 is 9.47 Å². The van der Waals surface area contributed by atoms with Gasteiger partial charge in [0.25, 0.3) is 0 Å². The molecule has 0 saturated carbocycles. The van der Waals surface area contributed by atoms with Gasteiger partial charge in [-0.1, -0.05) is 12.1 Å². The van der Waals surface area contributed by atoms with Crippen LogP contribution in [0.25, 0.3) is 10.2 Å². The molecule has 3 heterocycles. The monoisotopic (exact) mass is 298 g/mol. The smallest absolute Gasteiger partial charge is 0.240 e. The lowest BCUT2D eigenvalue weighted by molar-refractivity contribution is 0.135. The van der Waals surface area contributed by atoms with Gasteiger partial charge < -0.3 is 9.47 Å². The molecule has 0 saturated heterocycles. The van der Waals surface area contributed by atoms with Crippen LogP contribution in [0, 0.1) is 0 Å². The standard InChI is InChI=1S/C16H14N2O2S/c1-16(2)8-10-4-3-5-12(13(10)20-16)19-15-14-11(6-7-21-14)17-9-18-15/h3-7,9H,8H2,1-2H3. The lowest BCUT2D eigenvalue weighted by Gasteiger charge is -2.18. The number of thiophene rings is 1. The molecule has 2 aromatic heterocycles. The Labute approximate surface area is 126 Å². The highest BCUT2D eigenvalue weighted by atomic mass is 32.1. The maximum absolute atomic E-state index is 6.03. The third kappa shape index (κ3) is 2.14. The number of fused-ring (bicyclic) bond motifs is 2. The van der Waals surface area contributed by atoms with Crippen LogP contribution in [-0.2, 0) is 6.42 Å². The maximum Gasteiger partial charge on any atom is 0.240 e. The van der Waals surface area contributed by atoms with Gasteiger partial charge >= 0.3 is 0 Å². The second-order valence-corrected chi connectivity index (χ2v) is 6.61. The van der Waals surface area contributed by atoms with Gasteiger partial charge in [-0.05, 0) is 31.4 Å². The minimum absolute atomic E-state index is 0.189. The van der Waals surface area contributed by atoms with Crippen LogP contribution in [0.15, 0.2) is 36.0 Å². The summed E-state index contributed by atoms with van der Waals surface area (Å²) in [6.45, 7) is 4.16. The summed E-state index contributed by atoms with van der Waals surface area (Å²) in [5, 5.41) is 1.99. The van der Waals surface area contributed by atoms with Gasteiger partial charge in [0.15, 0.2) is 11.5 Å². The average Bonchev–Trinajstić information content (AvgIpc) is 3.02. The number of aromatic nitrogens is 2. The fraction of sp³-hybridized carbons (Fsp3) is 0.250. The molecule has 0 N–H and O–H groups in total. The van der Waals surface area contributed by atoms with E-state index >= 15 is 0 Å². The van der Waals surface area contributed by atoms with Crippen LogP contribution in [0.3, 0.4) is 0 Å². The van der Waals surface area contributed by atoms with Crippen molar-refractivity contribution in [2.45, 2.75) is 25.9 Å². The average molecular weight is 298 g/mol. The molecule has 1 aliphatic heterocycles. The Morgan fingerprint density at radius 3 is 3.05 bits per heavy atom. The van der Waals surface area contributed by atoms with Crippen molar-refractivity contribution in [2.24, 2.45) is 0 Å². The Kier molecular flexibility index (Phi) is 2.65. The van der Waals surface area contributed by atoms with E-state index in [1.807, 2.05) is 23.6 Å². The second-order valence-electron chi connectivity index (χ2n) is 5.70. The number of para-hydroxylation sites is 1. The predicted molar refractivity (Wildman–Crippen MR) is 82.3 cm³/mol. The number of ether oxygens (including phenoxy) is 2. The summed E-state index contributed by atoms with van der Waals surface area (Å²) in [5.74, 6) is 2.12. The molecule has 1 aromatic carbocycles. The number of rotatable bonds is 2. The quantitative estimate of drug-likeness (QED) is 0.711. The molecular formula is C16H14N2O2S. The summed E-state index contributed by atoms with van der Waals surface area (Å²) in [6.07, 6.45) is 2.41. The van der Waals surface area contributed by atoms with Crippen LogP contribution in [0.5, 0.6) is 17.4 Å². The normalized spacial score (nSPS) is 15.7. The molecule has 0 bridgehead atoms. The van der Waals surface area contributed by atoms with Crippen molar-refractivity contribution in [3.63, 3.8) is 0 Å². The fourth-order valence-corrected chi connectivity index (χ4v) is 3.38. The van der Waals surface area contributed by atoms with E-state index in [9.17, 15) is 0 Å². The Morgan fingerprint density at radius 1 is 1.24 bits per heavy atom. The van der Waals surface area contributed by atoms with E-state index in [0.717, 1.165) is 22.4 Å². The predicted octanol–water partition coefficient (Wildman–Crippen LogP) is 4.20. The highest BCUT2D eigenvalue weighted by Gasteiger charge is 2.32. The van der Waals surface area contributed by atoms with Crippen LogP contribution in [0.2, 0.25) is 0 Å². The molecule has 1 aliphatic rings. The van der Waals surface area contributed by atoms with Gasteiger partial charge in [0, 0.05) is 12.0 Å². The molecule has 0 fully saturated rings. The molecule has 0 amide bonds. The fourth-order valence-electron chi connectivity index (χ4n) is 2.61. The van der Waals surface area contributed by atoms with Gasteiger partial charge in [0.05, 0.1) is 5.52 Å².